The summed E-state index contributed by atoms with van der Waals surface area (Å²) in [7, 11) is -2.94. The summed E-state index contributed by atoms with van der Waals surface area (Å²) in [5.41, 5.74) is 0.865. The zero-order chi connectivity index (χ0) is 12.8. The molecule has 1 aliphatic heterocycles. The van der Waals surface area contributed by atoms with Gasteiger partial charge in [0.2, 0.25) is 0 Å². The van der Waals surface area contributed by atoms with Gasteiger partial charge in [0.15, 0.2) is 9.84 Å². The SMILES string of the molecule is O=S1(=O)CCC(C(O)c2cccc3ccsc23)C1. The Morgan fingerprint density at radius 2 is 2.17 bits per heavy atom. The Bertz CT molecular complexity index is 672. The van der Waals surface area contributed by atoms with Crippen LogP contribution in [0.25, 0.3) is 10.1 Å². The molecule has 1 saturated heterocycles. The molecule has 0 saturated carbocycles. The zero-order valence-electron chi connectivity index (χ0n) is 9.74. The van der Waals surface area contributed by atoms with E-state index in [0.29, 0.717) is 6.42 Å². The molecule has 1 aromatic carbocycles. The molecule has 1 N–H and O–H groups in total. The maximum absolute atomic E-state index is 11.5. The second-order valence-electron chi connectivity index (χ2n) is 4.79. The molecule has 0 amide bonds. The normalized spacial score (nSPS) is 24.4. The highest BCUT2D eigenvalue weighted by molar-refractivity contribution is 7.91. The molecule has 0 bridgehead atoms. The minimum atomic E-state index is -2.94. The predicted octanol–water partition coefficient (Wildman–Crippen LogP) is 2.37. The van der Waals surface area contributed by atoms with Gasteiger partial charge >= 0.3 is 0 Å². The van der Waals surface area contributed by atoms with Gasteiger partial charge in [0.25, 0.3) is 0 Å². The van der Waals surface area contributed by atoms with Crippen LogP contribution in [0, 0.1) is 5.92 Å². The second kappa shape index (κ2) is 4.33. The molecule has 0 radical (unpaired) electrons. The number of aliphatic hydroxyl groups excluding tert-OH is 1. The third kappa shape index (κ3) is 2.06. The third-order valence-electron chi connectivity index (χ3n) is 3.54. The van der Waals surface area contributed by atoms with Gasteiger partial charge in [-0.25, -0.2) is 8.42 Å². The lowest BCUT2D eigenvalue weighted by molar-refractivity contribution is 0.122. The molecule has 0 spiro atoms. The molecule has 3 nitrogen and oxygen atoms in total. The Hall–Kier alpha value is -0.910. The predicted molar refractivity (Wildman–Crippen MR) is 73.5 cm³/mol. The third-order valence-corrected chi connectivity index (χ3v) is 6.32. The van der Waals surface area contributed by atoms with E-state index < -0.39 is 15.9 Å². The van der Waals surface area contributed by atoms with Crippen molar-refractivity contribution in [2.75, 3.05) is 11.5 Å². The molecule has 1 aliphatic rings. The maximum atomic E-state index is 11.5. The van der Waals surface area contributed by atoms with Crippen molar-refractivity contribution in [3.63, 3.8) is 0 Å². The Labute approximate surface area is 110 Å². The van der Waals surface area contributed by atoms with Crippen molar-refractivity contribution in [2.24, 2.45) is 5.92 Å². The van der Waals surface area contributed by atoms with Gasteiger partial charge in [0.1, 0.15) is 0 Å². The molecule has 2 unspecified atom stereocenters. The summed E-state index contributed by atoms with van der Waals surface area (Å²) in [6, 6.07) is 7.83. The quantitative estimate of drug-likeness (QED) is 0.920. The molecule has 0 aliphatic carbocycles. The molecular weight excluding hydrogens is 268 g/mol. The van der Waals surface area contributed by atoms with Crippen molar-refractivity contribution in [1.29, 1.82) is 0 Å². The summed E-state index contributed by atoms with van der Waals surface area (Å²) < 4.78 is 24.0. The van der Waals surface area contributed by atoms with Gasteiger partial charge in [-0.3, -0.25) is 0 Å². The van der Waals surface area contributed by atoms with Crippen molar-refractivity contribution in [3.8, 4) is 0 Å². The van der Waals surface area contributed by atoms with Gasteiger partial charge in [0.05, 0.1) is 17.6 Å². The number of fused-ring (bicyclic) bond motifs is 1. The standard InChI is InChI=1S/C13H14O3S2/c14-12(10-5-7-18(15,16)8-10)11-3-1-2-9-4-6-17-13(9)11/h1-4,6,10,12,14H,5,7-8H2. The van der Waals surface area contributed by atoms with Crippen molar-refractivity contribution >= 4 is 31.3 Å². The first-order valence-corrected chi connectivity index (χ1v) is 8.61. The molecule has 1 fully saturated rings. The Kier molecular flexibility index (Phi) is 2.92. The minimum absolute atomic E-state index is 0.107. The summed E-state index contributed by atoms with van der Waals surface area (Å²) in [6.07, 6.45) is -0.115. The van der Waals surface area contributed by atoms with Crippen LogP contribution in [0.15, 0.2) is 29.6 Å². The lowest BCUT2D eigenvalue weighted by atomic mass is 9.95. The van der Waals surface area contributed by atoms with Gasteiger partial charge in [-0.15, -0.1) is 11.3 Å². The van der Waals surface area contributed by atoms with E-state index in [-0.39, 0.29) is 17.4 Å². The Morgan fingerprint density at radius 1 is 1.33 bits per heavy atom. The lowest BCUT2D eigenvalue weighted by Gasteiger charge is -2.17. The molecule has 5 heteroatoms. The van der Waals surface area contributed by atoms with Crippen LogP contribution in [0.2, 0.25) is 0 Å². The van der Waals surface area contributed by atoms with Crippen LogP contribution in [0.5, 0.6) is 0 Å². The fourth-order valence-corrected chi connectivity index (χ4v) is 5.35. The van der Waals surface area contributed by atoms with Crippen LogP contribution in [0.4, 0.5) is 0 Å². The highest BCUT2D eigenvalue weighted by atomic mass is 32.2. The van der Waals surface area contributed by atoms with E-state index >= 15 is 0 Å². The van der Waals surface area contributed by atoms with E-state index in [9.17, 15) is 13.5 Å². The van der Waals surface area contributed by atoms with E-state index in [1.165, 1.54) is 0 Å². The van der Waals surface area contributed by atoms with Gasteiger partial charge < -0.3 is 5.11 Å². The van der Waals surface area contributed by atoms with Crippen molar-refractivity contribution < 1.29 is 13.5 Å². The maximum Gasteiger partial charge on any atom is 0.150 e. The number of hydrogen-bond acceptors (Lipinski definition) is 4. The summed E-state index contributed by atoms with van der Waals surface area (Å²) in [6.45, 7) is 0. The smallest absolute Gasteiger partial charge is 0.150 e. The molecular formula is C13H14O3S2. The first-order chi connectivity index (χ1) is 8.57. The number of thiophene rings is 1. The minimum Gasteiger partial charge on any atom is -0.388 e. The lowest BCUT2D eigenvalue weighted by Crippen LogP contribution is -2.14. The Balaban J connectivity index is 1.97. The van der Waals surface area contributed by atoms with Crippen LogP contribution < -0.4 is 0 Å². The molecule has 2 heterocycles. The molecule has 18 heavy (non-hydrogen) atoms. The van der Waals surface area contributed by atoms with E-state index in [4.69, 9.17) is 0 Å². The van der Waals surface area contributed by atoms with E-state index in [2.05, 4.69) is 0 Å². The van der Waals surface area contributed by atoms with Gasteiger partial charge in [-0.05, 0) is 28.8 Å². The summed E-state index contributed by atoms with van der Waals surface area (Å²) in [5.74, 6) is 0.146. The highest BCUT2D eigenvalue weighted by Gasteiger charge is 2.34. The van der Waals surface area contributed by atoms with E-state index in [1.54, 1.807) is 11.3 Å². The molecule has 3 rings (SSSR count). The van der Waals surface area contributed by atoms with Crippen molar-refractivity contribution in [3.05, 3.63) is 35.2 Å². The largest absolute Gasteiger partial charge is 0.388 e. The number of benzene rings is 1. The number of rotatable bonds is 2. The first kappa shape index (κ1) is 12.1. The number of hydrogen-bond donors (Lipinski definition) is 1. The van der Waals surface area contributed by atoms with Crippen molar-refractivity contribution in [1.82, 2.24) is 0 Å². The monoisotopic (exact) mass is 282 g/mol. The first-order valence-electron chi connectivity index (χ1n) is 5.91. The summed E-state index contributed by atoms with van der Waals surface area (Å²) >= 11 is 1.59. The van der Waals surface area contributed by atoms with Crippen LogP contribution in [-0.2, 0) is 9.84 Å². The van der Waals surface area contributed by atoms with E-state index in [0.717, 1.165) is 15.6 Å². The van der Waals surface area contributed by atoms with E-state index in [1.807, 2.05) is 29.6 Å². The van der Waals surface area contributed by atoms with Gasteiger partial charge in [-0.1, -0.05) is 18.2 Å². The Morgan fingerprint density at radius 3 is 2.89 bits per heavy atom. The molecule has 2 aromatic rings. The van der Waals surface area contributed by atoms with Crippen LogP contribution in [0.3, 0.4) is 0 Å². The summed E-state index contributed by atoms with van der Waals surface area (Å²) in [5, 5.41) is 13.5. The molecule has 1 aromatic heterocycles. The fourth-order valence-electron chi connectivity index (χ4n) is 2.58. The molecule has 96 valence electrons. The highest BCUT2D eigenvalue weighted by Crippen LogP contribution is 2.36. The van der Waals surface area contributed by atoms with Gasteiger partial charge in [-0.2, -0.15) is 0 Å². The van der Waals surface area contributed by atoms with Crippen LogP contribution in [0.1, 0.15) is 18.1 Å². The molecule has 2 atom stereocenters. The van der Waals surface area contributed by atoms with Gasteiger partial charge in [0, 0.05) is 10.6 Å². The van der Waals surface area contributed by atoms with Crippen molar-refractivity contribution in [2.45, 2.75) is 12.5 Å². The zero-order valence-corrected chi connectivity index (χ0v) is 11.4. The van der Waals surface area contributed by atoms with Crippen LogP contribution >= 0.6 is 11.3 Å². The topological polar surface area (TPSA) is 54.4 Å². The number of sulfone groups is 1. The second-order valence-corrected chi connectivity index (χ2v) is 7.94. The average molecular weight is 282 g/mol. The average Bonchev–Trinajstić information content (AvgIpc) is 2.93. The summed E-state index contributed by atoms with van der Waals surface area (Å²) in [4.78, 5) is 0. The number of aliphatic hydroxyl groups is 1. The van der Waals surface area contributed by atoms with Crippen LogP contribution in [-0.4, -0.2) is 25.0 Å². The fraction of sp³-hybridized carbons (Fsp3) is 0.385.